The molecule has 1 fully saturated rings. The monoisotopic (exact) mass is 355 g/mol. The number of nitrogens with zero attached hydrogens (tertiary/aromatic N) is 1. The fourth-order valence-electron chi connectivity index (χ4n) is 2.80. The minimum Gasteiger partial charge on any atom is -0.497 e. The molecule has 25 heavy (non-hydrogen) atoms. The standard InChI is InChI=1S/C21H25NO2S/c1-16(25-15-18-6-4-3-5-7-18)21(23)22(19-10-11-19)14-17-8-12-20(24-2)13-9-17/h3-9,12-13,16,19H,10-11,14-15H2,1-2H3. The molecule has 1 aliphatic carbocycles. The summed E-state index contributed by atoms with van der Waals surface area (Å²) in [5.74, 6) is 1.97. The maximum atomic E-state index is 13.0. The predicted molar refractivity (Wildman–Crippen MR) is 104 cm³/mol. The molecule has 0 heterocycles. The number of methoxy groups -OCH3 is 1. The Hall–Kier alpha value is -1.94. The van der Waals surface area contributed by atoms with Crippen molar-refractivity contribution in [2.75, 3.05) is 7.11 Å². The number of carbonyl (C=O) groups is 1. The van der Waals surface area contributed by atoms with Gasteiger partial charge in [0.25, 0.3) is 0 Å². The van der Waals surface area contributed by atoms with Crippen LogP contribution in [0, 0.1) is 0 Å². The van der Waals surface area contributed by atoms with E-state index in [0.29, 0.717) is 12.6 Å². The number of ether oxygens (including phenoxy) is 1. The molecule has 2 aromatic carbocycles. The maximum absolute atomic E-state index is 13.0. The average molecular weight is 356 g/mol. The molecule has 1 unspecified atom stereocenters. The Kier molecular flexibility index (Phi) is 6.03. The molecular weight excluding hydrogens is 330 g/mol. The molecule has 0 radical (unpaired) electrons. The molecule has 1 atom stereocenters. The lowest BCUT2D eigenvalue weighted by atomic mass is 10.2. The molecule has 0 bridgehead atoms. The number of thioether (sulfide) groups is 1. The zero-order valence-electron chi connectivity index (χ0n) is 14.9. The summed E-state index contributed by atoms with van der Waals surface area (Å²) < 4.78 is 5.21. The van der Waals surface area contributed by atoms with Crippen LogP contribution in [-0.4, -0.2) is 29.2 Å². The van der Waals surface area contributed by atoms with E-state index >= 15 is 0 Å². The van der Waals surface area contributed by atoms with Gasteiger partial charge in [0, 0.05) is 18.3 Å². The van der Waals surface area contributed by atoms with Crippen LogP contribution in [0.25, 0.3) is 0 Å². The second-order valence-corrected chi connectivity index (χ2v) is 7.81. The van der Waals surface area contributed by atoms with Crippen LogP contribution >= 0.6 is 11.8 Å². The highest BCUT2D eigenvalue weighted by molar-refractivity contribution is 7.99. The van der Waals surface area contributed by atoms with Gasteiger partial charge in [0.2, 0.25) is 5.91 Å². The van der Waals surface area contributed by atoms with E-state index in [1.807, 2.05) is 49.4 Å². The molecule has 0 N–H and O–H groups in total. The van der Waals surface area contributed by atoms with E-state index in [2.05, 4.69) is 17.0 Å². The van der Waals surface area contributed by atoms with Crippen LogP contribution in [0.3, 0.4) is 0 Å². The second kappa shape index (κ2) is 8.43. The summed E-state index contributed by atoms with van der Waals surface area (Å²) in [6, 6.07) is 18.7. The minimum absolute atomic E-state index is 0.0287. The summed E-state index contributed by atoms with van der Waals surface area (Å²) in [6.45, 7) is 2.71. The van der Waals surface area contributed by atoms with Crippen molar-refractivity contribution < 1.29 is 9.53 Å². The second-order valence-electron chi connectivity index (χ2n) is 6.48. The van der Waals surface area contributed by atoms with Crippen molar-refractivity contribution >= 4 is 17.7 Å². The molecule has 132 valence electrons. The molecule has 1 saturated carbocycles. The summed E-state index contributed by atoms with van der Waals surface area (Å²) in [5.41, 5.74) is 2.42. The smallest absolute Gasteiger partial charge is 0.235 e. The van der Waals surface area contributed by atoms with Gasteiger partial charge in [0.05, 0.1) is 12.4 Å². The van der Waals surface area contributed by atoms with E-state index in [1.165, 1.54) is 5.56 Å². The highest BCUT2D eigenvalue weighted by Gasteiger charge is 2.34. The first-order valence-corrected chi connectivity index (χ1v) is 9.81. The van der Waals surface area contributed by atoms with Gasteiger partial charge in [-0.1, -0.05) is 42.5 Å². The third-order valence-electron chi connectivity index (χ3n) is 4.47. The van der Waals surface area contributed by atoms with Crippen LogP contribution in [0.5, 0.6) is 5.75 Å². The third-order valence-corrected chi connectivity index (χ3v) is 5.67. The molecule has 1 amide bonds. The minimum atomic E-state index is -0.0287. The van der Waals surface area contributed by atoms with Crippen molar-refractivity contribution in [3.63, 3.8) is 0 Å². The van der Waals surface area contributed by atoms with Gasteiger partial charge < -0.3 is 9.64 Å². The first-order chi connectivity index (χ1) is 12.2. The Labute approximate surface area is 154 Å². The molecule has 2 aromatic rings. The summed E-state index contributed by atoms with van der Waals surface area (Å²) in [7, 11) is 1.67. The van der Waals surface area contributed by atoms with E-state index < -0.39 is 0 Å². The van der Waals surface area contributed by atoms with Crippen LogP contribution in [-0.2, 0) is 17.1 Å². The van der Waals surface area contributed by atoms with Crippen LogP contribution in [0.1, 0.15) is 30.9 Å². The Morgan fingerprint density at radius 3 is 2.40 bits per heavy atom. The number of benzene rings is 2. The van der Waals surface area contributed by atoms with Crippen LogP contribution in [0.15, 0.2) is 54.6 Å². The van der Waals surface area contributed by atoms with Crippen molar-refractivity contribution in [1.82, 2.24) is 4.90 Å². The van der Waals surface area contributed by atoms with E-state index in [9.17, 15) is 4.79 Å². The van der Waals surface area contributed by atoms with Gasteiger partial charge >= 0.3 is 0 Å². The van der Waals surface area contributed by atoms with Crippen LogP contribution in [0.2, 0.25) is 0 Å². The van der Waals surface area contributed by atoms with Gasteiger partial charge in [-0.2, -0.15) is 0 Å². The van der Waals surface area contributed by atoms with Crippen molar-refractivity contribution in [3.05, 3.63) is 65.7 Å². The van der Waals surface area contributed by atoms with Gasteiger partial charge in [-0.05, 0) is 43.0 Å². The van der Waals surface area contributed by atoms with E-state index in [0.717, 1.165) is 29.9 Å². The van der Waals surface area contributed by atoms with Gasteiger partial charge in [0.1, 0.15) is 5.75 Å². The number of hydrogen-bond acceptors (Lipinski definition) is 3. The van der Waals surface area contributed by atoms with E-state index in [4.69, 9.17) is 4.74 Å². The Bertz CT molecular complexity index is 683. The van der Waals surface area contributed by atoms with E-state index in [-0.39, 0.29) is 11.2 Å². The number of hydrogen-bond donors (Lipinski definition) is 0. The Morgan fingerprint density at radius 2 is 1.80 bits per heavy atom. The molecular formula is C21H25NO2S. The van der Waals surface area contributed by atoms with Crippen molar-refractivity contribution in [3.8, 4) is 5.75 Å². The first kappa shape index (κ1) is 17.9. The summed E-state index contributed by atoms with van der Waals surface area (Å²) in [6.07, 6.45) is 2.25. The first-order valence-electron chi connectivity index (χ1n) is 8.76. The SMILES string of the molecule is COc1ccc(CN(C(=O)C(C)SCc2ccccc2)C2CC2)cc1. The summed E-state index contributed by atoms with van der Waals surface area (Å²) >= 11 is 1.72. The van der Waals surface area contributed by atoms with Crippen molar-refractivity contribution in [1.29, 1.82) is 0 Å². The quantitative estimate of drug-likeness (QED) is 0.698. The van der Waals surface area contributed by atoms with Gasteiger partial charge in [-0.15, -0.1) is 11.8 Å². The Morgan fingerprint density at radius 1 is 1.12 bits per heavy atom. The summed E-state index contributed by atoms with van der Waals surface area (Å²) in [4.78, 5) is 15.0. The molecule has 0 aromatic heterocycles. The molecule has 0 spiro atoms. The van der Waals surface area contributed by atoms with Gasteiger partial charge in [-0.3, -0.25) is 4.79 Å². The van der Waals surface area contributed by atoms with Crippen LogP contribution in [0.4, 0.5) is 0 Å². The molecule has 4 heteroatoms. The van der Waals surface area contributed by atoms with Crippen LogP contribution < -0.4 is 4.74 Å². The molecule has 0 saturated heterocycles. The third kappa shape index (κ3) is 5.02. The number of amides is 1. The number of rotatable bonds is 8. The lowest BCUT2D eigenvalue weighted by molar-refractivity contribution is -0.131. The Balaban J connectivity index is 1.60. The van der Waals surface area contributed by atoms with Gasteiger partial charge in [-0.25, -0.2) is 0 Å². The molecule has 1 aliphatic rings. The maximum Gasteiger partial charge on any atom is 0.235 e. The van der Waals surface area contributed by atoms with Crippen molar-refractivity contribution in [2.45, 2.75) is 43.4 Å². The number of carbonyl (C=O) groups excluding carboxylic acids is 1. The normalized spacial score (nSPS) is 14.8. The summed E-state index contributed by atoms with van der Waals surface area (Å²) in [5, 5.41) is -0.0287. The topological polar surface area (TPSA) is 29.5 Å². The lowest BCUT2D eigenvalue weighted by Crippen LogP contribution is -2.37. The fourth-order valence-corrected chi connectivity index (χ4v) is 3.71. The molecule has 3 nitrogen and oxygen atoms in total. The fraction of sp³-hybridized carbons (Fsp3) is 0.381. The van der Waals surface area contributed by atoms with Gasteiger partial charge in [0.15, 0.2) is 0 Å². The average Bonchev–Trinajstić information content (AvgIpc) is 3.50. The zero-order valence-corrected chi connectivity index (χ0v) is 15.7. The van der Waals surface area contributed by atoms with Crippen molar-refractivity contribution in [2.24, 2.45) is 0 Å². The molecule has 3 rings (SSSR count). The van der Waals surface area contributed by atoms with E-state index in [1.54, 1.807) is 18.9 Å². The lowest BCUT2D eigenvalue weighted by Gasteiger charge is -2.26. The molecule has 0 aliphatic heterocycles. The largest absolute Gasteiger partial charge is 0.497 e. The zero-order chi connectivity index (χ0) is 17.6. The highest BCUT2D eigenvalue weighted by atomic mass is 32.2. The highest BCUT2D eigenvalue weighted by Crippen LogP contribution is 2.31. The predicted octanol–water partition coefficient (Wildman–Crippen LogP) is 4.51.